The Morgan fingerprint density at radius 1 is 1.09 bits per heavy atom. The molecule has 7 nitrogen and oxygen atoms in total. The number of rotatable bonds is 8. The smallest absolute Gasteiger partial charge is 0.244 e. The van der Waals surface area contributed by atoms with Crippen molar-refractivity contribution in [1.29, 1.82) is 0 Å². The zero-order valence-electron chi connectivity index (χ0n) is 19.4. The number of amides is 2. The monoisotopic (exact) mass is 458 g/mol. The summed E-state index contributed by atoms with van der Waals surface area (Å²) in [5.41, 5.74) is 3.45. The van der Waals surface area contributed by atoms with Crippen molar-refractivity contribution < 1.29 is 14.3 Å². The first-order valence-corrected chi connectivity index (χ1v) is 11.7. The van der Waals surface area contributed by atoms with Crippen LogP contribution in [0.2, 0.25) is 0 Å². The SMILES string of the molecule is COc1ccc(-c2nn(-c3ccccc3)cc2/C=C/C(=O)NCCN2CCCCCC2=O)cc1. The predicted octanol–water partition coefficient (Wildman–Crippen LogP) is 4.08. The molecule has 0 saturated carbocycles. The van der Waals surface area contributed by atoms with Crippen molar-refractivity contribution in [3.8, 4) is 22.7 Å². The highest BCUT2D eigenvalue weighted by molar-refractivity contribution is 5.92. The van der Waals surface area contributed by atoms with Gasteiger partial charge in [-0.15, -0.1) is 0 Å². The van der Waals surface area contributed by atoms with E-state index in [4.69, 9.17) is 9.84 Å². The van der Waals surface area contributed by atoms with Crippen LogP contribution in [0.4, 0.5) is 0 Å². The van der Waals surface area contributed by atoms with E-state index >= 15 is 0 Å². The van der Waals surface area contributed by atoms with E-state index in [0.29, 0.717) is 19.5 Å². The molecule has 1 N–H and O–H groups in total. The molecular weight excluding hydrogens is 428 g/mol. The first-order valence-electron chi connectivity index (χ1n) is 11.7. The van der Waals surface area contributed by atoms with Crippen LogP contribution in [-0.4, -0.2) is 53.2 Å². The third kappa shape index (κ3) is 5.92. The molecule has 0 unspecified atom stereocenters. The highest BCUT2D eigenvalue weighted by Gasteiger charge is 2.16. The zero-order valence-corrected chi connectivity index (χ0v) is 19.4. The standard InChI is InChI=1S/C27H30N4O3/c1-34-24-14-11-21(12-15-24)27-22(20-31(29-27)23-8-4-2-5-9-23)13-16-25(32)28-17-19-30-18-7-3-6-10-26(30)33/h2,4-5,8-9,11-16,20H,3,6-7,10,17-19H2,1H3,(H,28,32)/b16-13+. The molecule has 1 aliphatic heterocycles. The summed E-state index contributed by atoms with van der Waals surface area (Å²) < 4.78 is 7.07. The molecule has 1 fully saturated rings. The summed E-state index contributed by atoms with van der Waals surface area (Å²) in [5.74, 6) is 0.751. The van der Waals surface area contributed by atoms with E-state index in [-0.39, 0.29) is 11.8 Å². The number of benzene rings is 2. The molecule has 34 heavy (non-hydrogen) atoms. The van der Waals surface area contributed by atoms with Crippen LogP contribution >= 0.6 is 0 Å². The molecule has 7 heteroatoms. The first kappa shape index (κ1) is 23.3. The number of carbonyl (C=O) groups is 2. The van der Waals surface area contributed by atoms with Gasteiger partial charge in [-0.2, -0.15) is 5.10 Å². The third-order valence-corrected chi connectivity index (χ3v) is 5.89. The van der Waals surface area contributed by atoms with Crippen molar-refractivity contribution in [2.24, 2.45) is 0 Å². The summed E-state index contributed by atoms with van der Waals surface area (Å²) >= 11 is 0. The van der Waals surface area contributed by atoms with Crippen molar-refractivity contribution in [3.05, 3.63) is 72.4 Å². The average molecular weight is 459 g/mol. The largest absolute Gasteiger partial charge is 0.497 e. The van der Waals surface area contributed by atoms with Crippen LogP contribution in [0.15, 0.2) is 66.9 Å². The fourth-order valence-electron chi connectivity index (χ4n) is 4.01. The van der Waals surface area contributed by atoms with Crippen LogP contribution in [0.1, 0.15) is 31.2 Å². The molecule has 4 rings (SSSR count). The molecule has 2 heterocycles. The van der Waals surface area contributed by atoms with Gasteiger partial charge in [0.05, 0.1) is 18.5 Å². The quantitative estimate of drug-likeness (QED) is 0.516. The molecular formula is C27H30N4O3. The number of aromatic nitrogens is 2. The van der Waals surface area contributed by atoms with E-state index in [0.717, 1.165) is 54.1 Å². The summed E-state index contributed by atoms with van der Waals surface area (Å²) in [7, 11) is 1.63. The fraction of sp³-hybridized carbons (Fsp3) is 0.296. The lowest BCUT2D eigenvalue weighted by molar-refractivity contribution is -0.131. The summed E-state index contributed by atoms with van der Waals surface area (Å²) in [6, 6.07) is 17.5. The van der Waals surface area contributed by atoms with E-state index < -0.39 is 0 Å². The van der Waals surface area contributed by atoms with Crippen LogP contribution in [0, 0.1) is 0 Å². The Bertz CT molecular complexity index is 1140. The lowest BCUT2D eigenvalue weighted by Gasteiger charge is -2.20. The minimum atomic E-state index is -0.199. The van der Waals surface area contributed by atoms with Crippen LogP contribution < -0.4 is 10.1 Å². The van der Waals surface area contributed by atoms with E-state index in [2.05, 4.69) is 5.32 Å². The molecule has 1 aromatic heterocycles. The molecule has 176 valence electrons. The number of nitrogens with zero attached hydrogens (tertiary/aromatic N) is 3. The summed E-state index contributed by atoms with van der Waals surface area (Å²) in [5, 5.41) is 7.66. The Labute approximate surface area is 200 Å². The van der Waals surface area contributed by atoms with Crippen molar-refractivity contribution in [1.82, 2.24) is 20.0 Å². The second kappa shape index (κ2) is 11.3. The van der Waals surface area contributed by atoms with Crippen LogP contribution in [0.3, 0.4) is 0 Å². The van der Waals surface area contributed by atoms with Crippen LogP contribution in [0.25, 0.3) is 23.0 Å². The van der Waals surface area contributed by atoms with Crippen molar-refractivity contribution in [2.45, 2.75) is 25.7 Å². The molecule has 0 bridgehead atoms. The Hall–Kier alpha value is -3.87. The van der Waals surface area contributed by atoms with Gasteiger partial charge in [-0.25, -0.2) is 4.68 Å². The Morgan fingerprint density at radius 3 is 2.65 bits per heavy atom. The summed E-state index contributed by atoms with van der Waals surface area (Å²) in [6.45, 7) is 1.75. The average Bonchev–Trinajstić information content (AvgIpc) is 3.20. The second-order valence-corrected chi connectivity index (χ2v) is 8.26. The molecule has 2 aromatic carbocycles. The molecule has 1 saturated heterocycles. The fourth-order valence-corrected chi connectivity index (χ4v) is 4.01. The van der Waals surface area contributed by atoms with Gasteiger partial charge in [0.25, 0.3) is 0 Å². The molecule has 0 radical (unpaired) electrons. The van der Waals surface area contributed by atoms with Gasteiger partial charge in [-0.05, 0) is 55.3 Å². The second-order valence-electron chi connectivity index (χ2n) is 8.26. The number of hydrogen-bond donors (Lipinski definition) is 1. The first-order chi connectivity index (χ1) is 16.6. The number of ether oxygens (including phenoxy) is 1. The number of hydrogen-bond acceptors (Lipinski definition) is 4. The van der Waals surface area contributed by atoms with Gasteiger partial charge in [0, 0.05) is 49.5 Å². The highest BCUT2D eigenvalue weighted by atomic mass is 16.5. The van der Waals surface area contributed by atoms with Crippen molar-refractivity contribution in [2.75, 3.05) is 26.7 Å². The normalized spacial score (nSPS) is 14.3. The topological polar surface area (TPSA) is 76.5 Å². The molecule has 2 amide bonds. The number of carbonyl (C=O) groups excluding carboxylic acids is 2. The Kier molecular flexibility index (Phi) is 7.75. The number of likely N-dealkylation sites (tertiary alicyclic amines) is 1. The van der Waals surface area contributed by atoms with Gasteiger partial charge in [-0.3, -0.25) is 9.59 Å². The highest BCUT2D eigenvalue weighted by Crippen LogP contribution is 2.26. The van der Waals surface area contributed by atoms with Gasteiger partial charge < -0.3 is 15.0 Å². The van der Waals surface area contributed by atoms with E-state index in [1.165, 1.54) is 6.08 Å². The minimum absolute atomic E-state index is 0.180. The molecule has 0 aliphatic carbocycles. The Balaban J connectivity index is 1.47. The third-order valence-electron chi connectivity index (χ3n) is 5.89. The summed E-state index contributed by atoms with van der Waals surface area (Å²) in [4.78, 5) is 26.4. The van der Waals surface area contributed by atoms with Crippen LogP contribution in [-0.2, 0) is 9.59 Å². The predicted molar refractivity (Wildman–Crippen MR) is 133 cm³/mol. The van der Waals surface area contributed by atoms with E-state index in [9.17, 15) is 9.59 Å². The maximum absolute atomic E-state index is 12.5. The van der Waals surface area contributed by atoms with Gasteiger partial charge in [-0.1, -0.05) is 24.6 Å². The summed E-state index contributed by atoms with van der Waals surface area (Å²) in [6.07, 6.45) is 8.88. The molecule has 0 atom stereocenters. The number of nitrogens with one attached hydrogen (secondary N) is 1. The molecule has 1 aliphatic rings. The number of methoxy groups -OCH3 is 1. The van der Waals surface area contributed by atoms with Gasteiger partial charge >= 0.3 is 0 Å². The Morgan fingerprint density at radius 2 is 1.88 bits per heavy atom. The molecule has 0 spiro atoms. The molecule has 3 aromatic rings. The van der Waals surface area contributed by atoms with Crippen LogP contribution in [0.5, 0.6) is 5.75 Å². The lowest BCUT2D eigenvalue weighted by atomic mass is 10.1. The van der Waals surface area contributed by atoms with Crippen molar-refractivity contribution in [3.63, 3.8) is 0 Å². The minimum Gasteiger partial charge on any atom is -0.497 e. The van der Waals surface area contributed by atoms with Gasteiger partial charge in [0.2, 0.25) is 11.8 Å². The maximum Gasteiger partial charge on any atom is 0.244 e. The van der Waals surface area contributed by atoms with Crippen molar-refractivity contribution >= 4 is 17.9 Å². The van der Waals surface area contributed by atoms with E-state index in [1.54, 1.807) is 13.2 Å². The maximum atomic E-state index is 12.5. The van der Waals surface area contributed by atoms with Gasteiger partial charge in [0.1, 0.15) is 5.75 Å². The zero-order chi connectivity index (χ0) is 23.8. The van der Waals surface area contributed by atoms with Gasteiger partial charge in [0.15, 0.2) is 0 Å². The number of para-hydroxylation sites is 1. The lowest BCUT2D eigenvalue weighted by Crippen LogP contribution is -2.37. The van der Waals surface area contributed by atoms with E-state index in [1.807, 2.05) is 70.4 Å².